The highest BCUT2D eigenvalue weighted by atomic mass is 19.3. The zero-order chi connectivity index (χ0) is 27.1. The van der Waals surface area contributed by atoms with Crippen LogP contribution in [0.25, 0.3) is 0 Å². The number of hydrogen-bond acceptors (Lipinski definition) is 9. The van der Waals surface area contributed by atoms with Crippen LogP contribution in [0.1, 0.15) is 26.3 Å². The molecule has 11 nitrogen and oxygen atoms in total. The lowest BCUT2D eigenvalue weighted by atomic mass is 10.1. The summed E-state index contributed by atoms with van der Waals surface area (Å²) in [6.07, 6.45) is 0. The first kappa shape index (κ1) is 26.8. The van der Waals surface area contributed by atoms with Crippen LogP contribution in [-0.4, -0.2) is 47.2 Å². The Morgan fingerprint density at radius 2 is 1.62 bits per heavy atom. The van der Waals surface area contributed by atoms with Crippen molar-refractivity contribution >= 4 is 23.5 Å². The van der Waals surface area contributed by atoms with Gasteiger partial charge in [-0.1, -0.05) is 30.3 Å². The van der Waals surface area contributed by atoms with E-state index in [1.807, 2.05) is 0 Å². The fraction of sp³-hybridized carbons (Fsp3) is 0.208. The molecule has 0 amide bonds. The van der Waals surface area contributed by atoms with Crippen LogP contribution in [0.2, 0.25) is 0 Å². The van der Waals surface area contributed by atoms with Crippen molar-refractivity contribution < 1.29 is 37.4 Å². The number of carbonyl (C=O) groups excluding carboxylic acids is 3. The first-order valence-corrected chi connectivity index (χ1v) is 10.6. The summed E-state index contributed by atoms with van der Waals surface area (Å²) in [4.78, 5) is 63.0. The van der Waals surface area contributed by atoms with Crippen LogP contribution >= 0.6 is 0 Å². The summed E-state index contributed by atoms with van der Waals surface area (Å²) in [7, 11) is 1.06. The highest BCUT2D eigenvalue weighted by Crippen LogP contribution is 2.16. The number of alkyl halides is 2. The Morgan fingerprint density at radius 1 is 0.973 bits per heavy atom. The first-order valence-electron chi connectivity index (χ1n) is 10.6. The summed E-state index contributed by atoms with van der Waals surface area (Å²) in [5, 5.41) is 0. The molecular formula is C24H21F2N3O8. The Labute approximate surface area is 207 Å². The van der Waals surface area contributed by atoms with Crippen LogP contribution in [0, 0.1) is 0 Å². The predicted octanol–water partition coefficient (Wildman–Crippen LogP) is 1.45. The second-order valence-corrected chi connectivity index (χ2v) is 7.48. The molecule has 1 heterocycles. The van der Waals surface area contributed by atoms with E-state index in [0.717, 1.165) is 35.9 Å². The molecule has 0 unspecified atom stereocenters. The standard InChI is InChI=1S/C24H21F2N3O8/c1-35-18(31)12-29-21(32)19(20(27)28(24(29)34)11-14-5-3-2-4-6-14)17(30)13-36-22(33)15-7-9-16(10-8-15)37-23(25)26/h2-10,23H,11-13,27H2,1H3. The fourth-order valence-corrected chi connectivity index (χ4v) is 3.29. The Hall–Kier alpha value is -4.81. The third-order valence-electron chi connectivity index (χ3n) is 5.09. The molecule has 0 radical (unpaired) electrons. The third-order valence-corrected chi connectivity index (χ3v) is 5.09. The zero-order valence-electron chi connectivity index (χ0n) is 19.4. The van der Waals surface area contributed by atoms with Crippen molar-refractivity contribution in [1.29, 1.82) is 0 Å². The molecule has 0 saturated carbocycles. The van der Waals surface area contributed by atoms with Gasteiger partial charge in [0.05, 0.1) is 19.2 Å². The monoisotopic (exact) mass is 517 g/mol. The molecule has 0 spiro atoms. The summed E-state index contributed by atoms with van der Waals surface area (Å²) in [5.74, 6) is -3.62. The molecule has 0 bridgehead atoms. The lowest BCUT2D eigenvalue weighted by Gasteiger charge is -2.16. The number of ketones is 1. The fourth-order valence-electron chi connectivity index (χ4n) is 3.29. The highest BCUT2D eigenvalue weighted by molar-refractivity contribution is 6.02. The van der Waals surface area contributed by atoms with Crippen molar-refractivity contribution in [3.05, 3.63) is 92.1 Å². The Morgan fingerprint density at radius 3 is 2.22 bits per heavy atom. The van der Waals surface area contributed by atoms with Gasteiger partial charge in [-0.2, -0.15) is 8.78 Å². The number of carbonyl (C=O) groups is 3. The van der Waals surface area contributed by atoms with Gasteiger partial charge in [0, 0.05) is 0 Å². The van der Waals surface area contributed by atoms with Gasteiger partial charge in [0.1, 0.15) is 23.7 Å². The number of benzene rings is 2. The van der Waals surface area contributed by atoms with Gasteiger partial charge < -0.3 is 19.9 Å². The smallest absolute Gasteiger partial charge is 0.387 e. The van der Waals surface area contributed by atoms with E-state index in [4.69, 9.17) is 10.5 Å². The summed E-state index contributed by atoms with van der Waals surface area (Å²) < 4.78 is 39.7. The van der Waals surface area contributed by atoms with Gasteiger partial charge in [0.15, 0.2) is 6.61 Å². The zero-order valence-corrected chi connectivity index (χ0v) is 19.4. The Bertz CT molecular complexity index is 1420. The van der Waals surface area contributed by atoms with Gasteiger partial charge in [-0.15, -0.1) is 0 Å². The summed E-state index contributed by atoms with van der Waals surface area (Å²) in [6.45, 7) is -4.89. The summed E-state index contributed by atoms with van der Waals surface area (Å²) in [6, 6.07) is 13.0. The quantitative estimate of drug-likeness (QED) is 0.312. The average molecular weight is 517 g/mol. The largest absolute Gasteiger partial charge is 0.468 e. The molecule has 194 valence electrons. The average Bonchev–Trinajstić information content (AvgIpc) is 2.88. The van der Waals surface area contributed by atoms with Crippen molar-refractivity contribution in [2.75, 3.05) is 19.5 Å². The number of nitrogens with two attached hydrogens (primary N) is 1. The van der Waals surface area contributed by atoms with E-state index in [1.165, 1.54) is 0 Å². The van der Waals surface area contributed by atoms with Gasteiger partial charge in [-0.25, -0.2) is 14.2 Å². The molecule has 2 N–H and O–H groups in total. The van der Waals surface area contributed by atoms with Gasteiger partial charge in [0.25, 0.3) is 5.56 Å². The number of methoxy groups -OCH3 is 1. The summed E-state index contributed by atoms with van der Waals surface area (Å²) >= 11 is 0. The van der Waals surface area contributed by atoms with Crippen LogP contribution in [0.15, 0.2) is 64.2 Å². The van der Waals surface area contributed by atoms with E-state index in [0.29, 0.717) is 10.1 Å². The second kappa shape index (κ2) is 11.7. The molecule has 3 aromatic rings. The van der Waals surface area contributed by atoms with Crippen molar-refractivity contribution in [2.24, 2.45) is 0 Å². The molecule has 0 fully saturated rings. The molecular weight excluding hydrogens is 496 g/mol. The third kappa shape index (κ3) is 6.45. The SMILES string of the molecule is COC(=O)Cn1c(=O)c(C(=O)COC(=O)c2ccc(OC(F)F)cc2)c(N)n(Cc2ccccc2)c1=O. The van der Waals surface area contributed by atoms with Crippen LogP contribution in [0.5, 0.6) is 5.75 Å². The number of nitrogen functional groups attached to an aromatic ring is 1. The molecule has 0 atom stereocenters. The minimum atomic E-state index is -3.05. The van der Waals surface area contributed by atoms with Gasteiger partial charge >= 0.3 is 24.2 Å². The van der Waals surface area contributed by atoms with E-state index >= 15 is 0 Å². The number of halogens is 2. The number of esters is 2. The molecule has 2 aromatic carbocycles. The van der Waals surface area contributed by atoms with E-state index in [1.54, 1.807) is 30.3 Å². The molecule has 0 aliphatic carbocycles. The number of hydrogen-bond donors (Lipinski definition) is 1. The lowest BCUT2D eigenvalue weighted by molar-refractivity contribution is -0.141. The Balaban J connectivity index is 1.90. The van der Waals surface area contributed by atoms with E-state index in [2.05, 4.69) is 9.47 Å². The predicted molar refractivity (Wildman–Crippen MR) is 125 cm³/mol. The van der Waals surface area contributed by atoms with E-state index in [-0.39, 0.29) is 17.9 Å². The maximum absolute atomic E-state index is 13.0. The second-order valence-electron chi connectivity index (χ2n) is 7.48. The van der Waals surface area contributed by atoms with Crippen LogP contribution in [0.3, 0.4) is 0 Å². The molecule has 13 heteroatoms. The minimum Gasteiger partial charge on any atom is -0.468 e. The van der Waals surface area contributed by atoms with E-state index in [9.17, 15) is 32.8 Å². The van der Waals surface area contributed by atoms with E-state index < -0.39 is 60.1 Å². The number of rotatable bonds is 10. The molecule has 1 aromatic heterocycles. The van der Waals surface area contributed by atoms with Crippen LogP contribution in [-0.2, 0) is 27.4 Å². The molecule has 0 saturated heterocycles. The van der Waals surface area contributed by atoms with Crippen LogP contribution < -0.4 is 21.7 Å². The van der Waals surface area contributed by atoms with Gasteiger partial charge in [-0.3, -0.25) is 19.0 Å². The molecule has 3 rings (SSSR count). The van der Waals surface area contributed by atoms with Gasteiger partial charge in [0.2, 0.25) is 5.78 Å². The van der Waals surface area contributed by atoms with Crippen molar-refractivity contribution in [1.82, 2.24) is 9.13 Å². The molecule has 37 heavy (non-hydrogen) atoms. The first-order chi connectivity index (χ1) is 17.6. The maximum Gasteiger partial charge on any atom is 0.387 e. The Kier molecular flexibility index (Phi) is 8.51. The topological polar surface area (TPSA) is 149 Å². The van der Waals surface area contributed by atoms with Crippen molar-refractivity contribution in [2.45, 2.75) is 19.7 Å². The number of anilines is 1. The maximum atomic E-state index is 13.0. The number of nitrogens with zero attached hydrogens (tertiary/aromatic N) is 2. The van der Waals surface area contributed by atoms with Crippen molar-refractivity contribution in [3.63, 3.8) is 0 Å². The summed E-state index contributed by atoms with van der Waals surface area (Å²) in [5.41, 5.74) is 3.80. The van der Waals surface area contributed by atoms with Crippen LogP contribution in [0.4, 0.5) is 14.6 Å². The number of aromatic nitrogens is 2. The highest BCUT2D eigenvalue weighted by Gasteiger charge is 2.25. The van der Waals surface area contributed by atoms with Crippen molar-refractivity contribution in [3.8, 4) is 5.75 Å². The minimum absolute atomic E-state index is 0.0838. The van der Waals surface area contributed by atoms with Gasteiger partial charge in [-0.05, 0) is 29.8 Å². The molecule has 0 aliphatic rings. The number of ether oxygens (including phenoxy) is 3. The molecule has 0 aliphatic heterocycles. The lowest BCUT2D eigenvalue weighted by Crippen LogP contribution is -2.46. The number of Topliss-reactive ketones (excluding diaryl/α,β-unsaturated/α-hetero) is 1. The normalized spacial score (nSPS) is 10.7.